The van der Waals surface area contributed by atoms with Crippen LogP contribution in [0, 0.1) is 11.8 Å². The minimum Gasteiger partial charge on any atom is -0.389 e. The van der Waals surface area contributed by atoms with Crippen molar-refractivity contribution in [3.63, 3.8) is 0 Å². The van der Waals surface area contributed by atoms with Crippen LogP contribution in [0.15, 0.2) is 0 Å². The molecule has 1 aliphatic rings. The Balaban J connectivity index is 1.91. The molecule has 0 amide bonds. The van der Waals surface area contributed by atoms with Gasteiger partial charge in [-0.2, -0.15) is 0 Å². The topological polar surface area (TPSA) is 50.7 Å². The molecule has 0 aromatic rings. The van der Waals surface area contributed by atoms with Gasteiger partial charge in [0.25, 0.3) is 0 Å². The van der Waals surface area contributed by atoms with Gasteiger partial charge in [-0.25, -0.2) is 0 Å². The van der Waals surface area contributed by atoms with Gasteiger partial charge in [-0.1, -0.05) is 19.8 Å². The largest absolute Gasteiger partial charge is 0.389 e. The van der Waals surface area contributed by atoms with Gasteiger partial charge in [0.2, 0.25) is 0 Å². The summed E-state index contributed by atoms with van der Waals surface area (Å²) in [6, 6.07) is 0. The van der Waals surface area contributed by atoms with E-state index in [0.717, 1.165) is 18.4 Å². The quantitative estimate of drug-likeness (QED) is 0.605. The number of aliphatic hydroxyl groups is 1. The molecule has 0 heterocycles. The van der Waals surface area contributed by atoms with Gasteiger partial charge in [-0.15, -0.1) is 0 Å². The Morgan fingerprint density at radius 3 is 2.50 bits per heavy atom. The Bertz CT molecular complexity index is 228. The molecule has 0 bridgehead atoms. The van der Waals surface area contributed by atoms with Crippen LogP contribution in [0.3, 0.4) is 0 Å². The Morgan fingerprint density at radius 1 is 1.15 bits per heavy atom. The molecule has 1 atom stereocenters. The molecule has 1 aliphatic carbocycles. The Morgan fingerprint density at radius 2 is 1.85 bits per heavy atom. The minimum absolute atomic E-state index is 0.239. The summed E-state index contributed by atoms with van der Waals surface area (Å²) in [4.78, 5) is 0. The summed E-state index contributed by atoms with van der Waals surface area (Å²) in [5.41, 5.74) is 0. The van der Waals surface area contributed by atoms with E-state index in [1.54, 1.807) is 0 Å². The fraction of sp³-hybridized carbons (Fsp3) is 1.00. The predicted molar refractivity (Wildman–Crippen MR) is 81.9 cm³/mol. The summed E-state index contributed by atoms with van der Waals surface area (Å²) in [5.74, 6) is 1.69. The van der Waals surface area contributed by atoms with E-state index in [1.165, 1.54) is 25.7 Å². The summed E-state index contributed by atoms with van der Waals surface area (Å²) >= 11 is 0. The Labute approximate surface area is 124 Å². The van der Waals surface area contributed by atoms with Crippen LogP contribution < -0.4 is 5.32 Å². The smallest absolute Gasteiger partial charge is 0.0897 e. The van der Waals surface area contributed by atoms with Gasteiger partial charge in [-0.05, 0) is 45.1 Å². The zero-order valence-electron chi connectivity index (χ0n) is 13.4. The fourth-order valence-electron chi connectivity index (χ4n) is 2.61. The first-order valence-corrected chi connectivity index (χ1v) is 8.16. The highest BCUT2D eigenvalue weighted by atomic mass is 16.5. The van der Waals surface area contributed by atoms with E-state index in [0.29, 0.717) is 26.4 Å². The summed E-state index contributed by atoms with van der Waals surface area (Å²) in [5, 5.41) is 13.2. The minimum atomic E-state index is -0.420. The lowest BCUT2D eigenvalue weighted by atomic mass is 9.83. The van der Waals surface area contributed by atoms with Gasteiger partial charge >= 0.3 is 0 Å². The molecule has 120 valence electrons. The van der Waals surface area contributed by atoms with Gasteiger partial charge in [-0.3, -0.25) is 0 Å². The van der Waals surface area contributed by atoms with E-state index in [4.69, 9.17) is 9.47 Å². The van der Waals surface area contributed by atoms with Crippen LogP contribution >= 0.6 is 0 Å². The second kappa shape index (κ2) is 10.6. The maximum Gasteiger partial charge on any atom is 0.0897 e. The lowest BCUT2D eigenvalue weighted by Gasteiger charge is -2.26. The molecule has 0 spiro atoms. The number of ether oxygens (including phenoxy) is 2. The normalized spacial score (nSPS) is 25.1. The predicted octanol–water partition coefficient (Wildman–Crippen LogP) is 2.20. The molecular formula is C16H33NO3. The zero-order valence-corrected chi connectivity index (χ0v) is 13.4. The monoisotopic (exact) mass is 287 g/mol. The van der Waals surface area contributed by atoms with Gasteiger partial charge < -0.3 is 19.9 Å². The van der Waals surface area contributed by atoms with Crippen molar-refractivity contribution in [3.05, 3.63) is 0 Å². The molecule has 4 heteroatoms. The van der Waals surface area contributed by atoms with Crippen LogP contribution in [0.2, 0.25) is 0 Å². The maximum atomic E-state index is 9.80. The van der Waals surface area contributed by atoms with Gasteiger partial charge in [0, 0.05) is 6.54 Å². The van der Waals surface area contributed by atoms with E-state index in [-0.39, 0.29) is 6.10 Å². The maximum absolute atomic E-state index is 9.80. The van der Waals surface area contributed by atoms with Crippen molar-refractivity contribution in [2.75, 3.05) is 32.9 Å². The number of hydrogen-bond acceptors (Lipinski definition) is 4. The summed E-state index contributed by atoms with van der Waals surface area (Å²) in [6.07, 6.45) is 5.18. The highest BCUT2D eigenvalue weighted by Gasteiger charge is 2.17. The molecule has 0 aliphatic heterocycles. The van der Waals surface area contributed by atoms with Crippen molar-refractivity contribution in [1.82, 2.24) is 5.32 Å². The van der Waals surface area contributed by atoms with E-state index in [2.05, 4.69) is 12.2 Å². The van der Waals surface area contributed by atoms with E-state index < -0.39 is 6.10 Å². The van der Waals surface area contributed by atoms with E-state index in [1.807, 2.05) is 13.8 Å². The van der Waals surface area contributed by atoms with E-state index in [9.17, 15) is 5.11 Å². The van der Waals surface area contributed by atoms with E-state index >= 15 is 0 Å². The van der Waals surface area contributed by atoms with Crippen molar-refractivity contribution in [1.29, 1.82) is 0 Å². The van der Waals surface area contributed by atoms with Gasteiger partial charge in [0.1, 0.15) is 0 Å². The highest BCUT2D eigenvalue weighted by molar-refractivity contribution is 4.72. The molecule has 0 saturated heterocycles. The first-order chi connectivity index (χ1) is 9.58. The molecular weight excluding hydrogens is 254 g/mol. The molecule has 20 heavy (non-hydrogen) atoms. The van der Waals surface area contributed by atoms with Crippen molar-refractivity contribution in [2.45, 2.75) is 58.7 Å². The average molecular weight is 287 g/mol. The lowest BCUT2D eigenvalue weighted by Crippen LogP contribution is -2.34. The number of hydrogen-bond donors (Lipinski definition) is 2. The first-order valence-electron chi connectivity index (χ1n) is 8.16. The van der Waals surface area contributed by atoms with Crippen molar-refractivity contribution in [3.8, 4) is 0 Å². The molecule has 1 unspecified atom stereocenters. The van der Waals surface area contributed by atoms with Crippen LogP contribution in [0.4, 0.5) is 0 Å². The second-order valence-electron chi connectivity index (χ2n) is 6.43. The van der Waals surface area contributed by atoms with Crippen LogP contribution in [-0.2, 0) is 9.47 Å². The number of aliphatic hydroxyl groups excluding tert-OH is 1. The highest BCUT2D eigenvalue weighted by Crippen LogP contribution is 2.27. The van der Waals surface area contributed by atoms with Crippen molar-refractivity contribution < 1.29 is 14.6 Å². The fourth-order valence-corrected chi connectivity index (χ4v) is 2.61. The zero-order chi connectivity index (χ0) is 14.8. The van der Waals surface area contributed by atoms with Gasteiger partial charge in [0.15, 0.2) is 0 Å². The standard InChI is InChI=1S/C16H33NO3/c1-13(2)20-9-8-19-12-16(18)11-17-10-15-6-4-14(3)5-7-15/h13-18H,4-12H2,1-3H3. The van der Waals surface area contributed by atoms with Crippen LogP contribution in [0.1, 0.15) is 46.5 Å². The molecule has 0 aromatic carbocycles. The summed E-state index contributed by atoms with van der Waals surface area (Å²) in [7, 11) is 0. The molecule has 2 N–H and O–H groups in total. The third-order valence-electron chi connectivity index (χ3n) is 3.94. The Kier molecular flexibility index (Phi) is 9.44. The number of nitrogens with one attached hydrogen (secondary N) is 1. The van der Waals surface area contributed by atoms with Gasteiger partial charge in [0.05, 0.1) is 32.0 Å². The lowest BCUT2D eigenvalue weighted by molar-refractivity contribution is -0.0102. The van der Waals surface area contributed by atoms with Crippen molar-refractivity contribution in [2.24, 2.45) is 11.8 Å². The number of rotatable bonds is 10. The molecule has 1 saturated carbocycles. The second-order valence-corrected chi connectivity index (χ2v) is 6.43. The summed E-state index contributed by atoms with van der Waals surface area (Å²) < 4.78 is 10.8. The van der Waals surface area contributed by atoms with Crippen LogP contribution in [-0.4, -0.2) is 50.2 Å². The van der Waals surface area contributed by atoms with Crippen LogP contribution in [0.25, 0.3) is 0 Å². The average Bonchev–Trinajstić information content (AvgIpc) is 2.40. The molecule has 4 nitrogen and oxygen atoms in total. The third-order valence-corrected chi connectivity index (χ3v) is 3.94. The summed E-state index contributed by atoms with van der Waals surface area (Å²) in [6.45, 7) is 9.53. The van der Waals surface area contributed by atoms with Crippen molar-refractivity contribution >= 4 is 0 Å². The van der Waals surface area contributed by atoms with Crippen LogP contribution in [0.5, 0.6) is 0 Å². The Hall–Kier alpha value is -0.160. The first kappa shape index (κ1) is 17.9. The molecule has 1 rings (SSSR count). The molecule has 0 aromatic heterocycles. The third kappa shape index (κ3) is 8.90. The SMILES string of the molecule is CC1CCC(CNCC(O)COCCOC(C)C)CC1. The molecule has 1 fully saturated rings. The molecule has 0 radical (unpaired) electrons.